The highest BCUT2D eigenvalue weighted by Gasteiger charge is 2.31. The van der Waals surface area contributed by atoms with Gasteiger partial charge in [-0.05, 0) is 42.7 Å². The summed E-state index contributed by atoms with van der Waals surface area (Å²) in [6.45, 7) is 1.05. The molecule has 0 atom stereocenters. The van der Waals surface area contributed by atoms with Gasteiger partial charge in [0.1, 0.15) is 11.6 Å². The van der Waals surface area contributed by atoms with Crippen molar-refractivity contribution in [1.82, 2.24) is 19.7 Å². The number of rotatable bonds is 10. The molecule has 8 nitrogen and oxygen atoms in total. The van der Waals surface area contributed by atoms with Crippen molar-refractivity contribution in [2.45, 2.75) is 37.0 Å². The molecule has 164 valence electrons. The summed E-state index contributed by atoms with van der Waals surface area (Å²) in [6.07, 6.45) is 3.93. The van der Waals surface area contributed by atoms with Gasteiger partial charge in [-0.15, -0.1) is 10.2 Å². The molecule has 0 aliphatic heterocycles. The first-order valence-corrected chi connectivity index (χ1v) is 11.1. The van der Waals surface area contributed by atoms with Gasteiger partial charge in [0, 0.05) is 19.5 Å². The molecule has 0 saturated heterocycles. The zero-order valence-electron chi connectivity index (χ0n) is 17.9. The molecule has 4 rings (SSSR count). The Morgan fingerprint density at radius 3 is 2.71 bits per heavy atom. The van der Waals surface area contributed by atoms with Crippen LogP contribution in [-0.2, 0) is 17.9 Å². The van der Waals surface area contributed by atoms with Crippen LogP contribution in [0.15, 0.2) is 46.2 Å². The van der Waals surface area contributed by atoms with Gasteiger partial charge in [0.05, 0.1) is 32.8 Å². The zero-order valence-corrected chi connectivity index (χ0v) is 18.7. The molecular formula is C22H26N4O4S. The Morgan fingerprint density at radius 1 is 1.23 bits per heavy atom. The van der Waals surface area contributed by atoms with Crippen molar-refractivity contribution in [3.8, 4) is 11.5 Å². The number of carbonyl (C=O) groups excluding carboxylic acids is 1. The SMILES string of the molecule is COc1ccc(CN(C)C(=O)CSc2nnc(C3CC3)n2Cc2ccco2)cc1OC. The Morgan fingerprint density at radius 2 is 2.03 bits per heavy atom. The molecule has 1 aliphatic rings. The van der Waals surface area contributed by atoms with E-state index < -0.39 is 0 Å². The van der Waals surface area contributed by atoms with Crippen LogP contribution in [0.25, 0.3) is 0 Å². The van der Waals surface area contributed by atoms with Gasteiger partial charge < -0.3 is 18.8 Å². The molecule has 1 aromatic carbocycles. The zero-order chi connectivity index (χ0) is 21.8. The van der Waals surface area contributed by atoms with Gasteiger partial charge >= 0.3 is 0 Å². The number of hydrogen-bond acceptors (Lipinski definition) is 7. The van der Waals surface area contributed by atoms with E-state index >= 15 is 0 Å². The van der Waals surface area contributed by atoms with E-state index in [1.54, 1.807) is 32.4 Å². The Balaban J connectivity index is 1.39. The molecule has 0 spiro atoms. The Labute approximate surface area is 185 Å². The lowest BCUT2D eigenvalue weighted by Crippen LogP contribution is -2.28. The number of benzene rings is 1. The second-order valence-electron chi connectivity index (χ2n) is 7.51. The lowest BCUT2D eigenvalue weighted by Gasteiger charge is -2.18. The number of thioether (sulfide) groups is 1. The molecule has 9 heteroatoms. The fourth-order valence-corrected chi connectivity index (χ4v) is 4.22. The van der Waals surface area contributed by atoms with Crippen molar-refractivity contribution in [1.29, 1.82) is 0 Å². The van der Waals surface area contributed by atoms with E-state index in [2.05, 4.69) is 14.8 Å². The smallest absolute Gasteiger partial charge is 0.233 e. The number of methoxy groups -OCH3 is 2. The maximum Gasteiger partial charge on any atom is 0.233 e. The molecule has 1 saturated carbocycles. The van der Waals surface area contributed by atoms with Gasteiger partial charge in [-0.1, -0.05) is 17.8 Å². The number of ether oxygens (including phenoxy) is 2. The third kappa shape index (κ3) is 5.04. The van der Waals surface area contributed by atoms with Crippen LogP contribution < -0.4 is 9.47 Å². The Hall–Kier alpha value is -2.94. The van der Waals surface area contributed by atoms with Crippen LogP contribution in [0.5, 0.6) is 11.5 Å². The first-order chi connectivity index (χ1) is 15.1. The second kappa shape index (κ2) is 9.47. The number of hydrogen-bond donors (Lipinski definition) is 0. The summed E-state index contributed by atoms with van der Waals surface area (Å²) < 4.78 is 18.2. The fraction of sp³-hybridized carbons (Fsp3) is 0.409. The average molecular weight is 443 g/mol. The van der Waals surface area contributed by atoms with Gasteiger partial charge in [0.25, 0.3) is 0 Å². The lowest BCUT2D eigenvalue weighted by atomic mass is 10.2. The number of nitrogens with zero attached hydrogens (tertiary/aromatic N) is 4. The predicted molar refractivity (Wildman–Crippen MR) is 117 cm³/mol. The number of furan rings is 1. The van der Waals surface area contributed by atoms with Crippen molar-refractivity contribution in [2.24, 2.45) is 0 Å². The minimum Gasteiger partial charge on any atom is -0.493 e. The van der Waals surface area contributed by atoms with E-state index in [4.69, 9.17) is 13.9 Å². The van der Waals surface area contributed by atoms with E-state index in [0.29, 0.717) is 30.5 Å². The Kier molecular flexibility index (Phi) is 6.50. The lowest BCUT2D eigenvalue weighted by molar-refractivity contribution is -0.127. The molecule has 1 aliphatic carbocycles. The largest absolute Gasteiger partial charge is 0.493 e. The van der Waals surface area contributed by atoms with Gasteiger partial charge in [-0.25, -0.2) is 0 Å². The summed E-state index contributed by atoms with van der Waals surface area (Å²) in [5.74, 6) is 3.89. The molecule has 0 unspecified atom stereocenters. The van der Waals surface area contributed by atoms with Gasteiger partial charge in [0.2, 0.25) is 5.91 Å². The van der Waals surface area contributed by atoms with Crippen molar-refractivity contribution < 1.29 is 18.7 Å². The van der Waals surface area contributed by atoms with Crippen LogP contribution >= 0.6 is 11.8 Å². The van der Waals surface area contributed by atoms with E-state index in [1.807, 2.05) is 30.3 Å². The first kappa shape index (κ1) is 21.3. The average Bonchev–Trinajstić information content (AvgIpc) is 3.35. The van der Waals surface area contributed by atoms with Gasteiger partial charge in [0.15, 0.2) is 16.7 Å². The summed E-state index contributed by atoms with van der Waals surface area (Å²) in [6, 6.07) is 9.47. The van der Waals surface area contributed by atoms with E-state index in [1.165, 1.54) is 11.8 Å². The van der Waals surface area contributed by atoms with Gasteiger partial charge in [-0.2, -0.15) is 0 Å². The molecule has 0 N–H and O–H groups in total. The summed E-state index contributed by atoms with van der Waals surface area (Å²) in [5.41, 5.74) is 0.968. The van der Waals surface area contributed by atoms with Crippen LogP contribution in [0.4, 0.5) is 0 Å². The first-order valence-electron chi connectivity index (χ1n) is 10.1. The quantitative estimate of drug-likeness (QED) is 0.444. The molecule has 1 amide bonds. The summed E-state index contributed by atoms with van der Waals surface area (Å²) in [5, 5.41) is 9.47. The van der Waals surface area contributed by atoms with Crippen molar-refractivity contribution in [3.05, 3.63) is 53.7 Å². The van der Waals surface area contributed by atoms with Crippen molar-refractivity contribution in [2.75, 3.05) is 27.0 Å². The van der Waals surface area contributed by atoms with Crippen LogP contribution in [0.1, 0.15) is 35.9 Å². The summed E-state index contributed by atoms with van der Waals surface area (Å²) >= 11 is 1.41. The van der Waals surface area contributed by atoms with Crippen molar-refractivity contribution in [3.63, 3.8) is 0 Å². The molecule has 0 bridgehead atoms. The fourth-order valence-electron chi connectivity index (χ4n) is 3.33. The van der Waals surface area contributed by atoms with Crippen LogP contribution in [0.2, 0.25) is 0 Å². The molecule has 0 radical (unpaired) electrons. The topological polar surface area (TPSA) is 82.6 Å². The molecule has 2 heterocycles. The molecule has 31 heavy (non-hydrogen) atoms. The number of carbonyl (C=O) groups is 1. The molecule has 1 fully saturated rings. The third-order valence-corrected chi connectivity index (χ3v) is 6.15. The van der Waals surface area contributed by atoms with Crippen LogP contribution in [0.3, 0.4) is 0 Å². The standard InChI is InChI=1S/C22H26N4O4S/c1-25(12-15-6-9-18(28-2)19(11-15)29-3)20(27)14-31-22-24-23-21(16-7-8-16)26(22)13-17-5-4-10-30-17/h4-6,9-11,16H,7-8,12-14H2,1-3H3. The minimum absolute atomic E-state index is 0.0142. The highest BCUT2D eigenvalue weighted by molar-refractivity contribution is 7.99. The highest BCUT2D eigenvalue weighted by atomic mass is 32.2. The maximum atomic E-state index is 12.8. The monoisotopic (exact) mass is 442 g/mol. The molecule has 3 aromatic rings. The Bertz CT molecular complexity index is 1030. The minimum atomic E-state index is 0.0142. The predicted octanol–water partition coefficient (Wildman–Crippen LogP) is 3.56. The van der Waals surface area contributed by atoms with Crippen LogP contribution in [-0.4, -0.2) is 52.6 Å². The third-order valence-electron chi connectivity index (χ3n) is 5.20. The summed E-state index contributed by atoms with van der Waals surface area (Å²) in [7, 11) is 4.99. The second-order valence-corrected chi connectivity index (χ2v) is 8.45. The highest BCUT2D eigenvalue weighted by Crippen LogP contribution is 2.40. The van der Waals surface area contributed by atoms with E-state index in [0.717, 1.165) is 35.1 Å². The number of aromatic nitrogens is 3. The summed E-state index contributed by atoms with van der Waals surface area (Å²) in [4.78, 5) is 14.5. The number of amides is 1. The molecule has 2 aromatic heterocycles. The van der Waals surface area contributed by atoms with E-state index in [9.17, 15) is 4.79 Å². The van der Waals surface area contributed by atoms with Crippen molar-refractivity contribution >= 4 is 17.7 Å². The normalized spacial score (nSPS) is 13.3. The van der Waals surface area contributed by atoms with E-state index in [-0.39, 0.29) is 11.7 Å². The van der Waals surface area contributed by atoms with Crippen LogP contribution in [0, 0.1) is 0 Å². The maximum absolute atomic E-state index is 12.8. The van der Waals surface area contributed by atoms with Gasteiger partial charge in [-0.3, -0.25) is 9.36 Å². The molecular weight excluding hydrogens is 416 g/mol.